The number of fused-ring (bicyclic) bond motifs is 1. The Morgan fingerprint density at radius 2 is 2.09 bits per heavy atom. The lowest BCUT2D eigenvalue weighted by Gasteiger charge is -2.23. The number of likely N-dealkylation sites (tertiary alicyclic amines) is 1. The maximum atomic E-state index is 13.1. The Labute approximate surface area is 133 Å². The van der Waals surface area contributed by atoms with Crippen LogP contribution in [0.15, 0.2) is 48.9 Å². The molecule has 0 unspecified atom stereocenters. The summed E-state index contributed by atoms with van der Waals surface area (Å²) in [4.78, 5) is 10.9. The van der Waals surface area contributed by atoms with Crippen molar-refractivity contribution in [3.8, 4) is 0 Å². The Bertz CT molecular complexity index is 784. The van der Waals surface area contributed by atoms with Crippen LogP contribution in [0, 0.1) is 5.82 Å². The third kappa shape index (κ3) is 2.83. The highest BCUT2D eigenvalue weighted by molar-refractivity contribution is 5.30. The van der Waals surface area contributed by atoms with Gasteiger partial charge in [0.05, 0.1) is 11.8 Å². The lowest BCUT2D eigenvalue weighted by atomic mass is 10.0. The highest BCUT2D eigenvalue weighted by Crippen LogP contribution is 2.33. The minimum absolute atomic E-state index is 0.0726. The summed E-state index contributed by atoms with van der Waals surface area (Å²) in [6.45, 7) is 1.21. The molecule has 2 atom stereocenters. The van der Waals surface area contributed by atoms with Crippen LogP contribution in [-0.4, -0.2) is 37.0 Å². The van der Waals surface area contributed by atoms with Gasteiger partial charge in [0.15, 0.2) is 0 Å². The van der Waals surface area contributed by atoms with Crippen LogP contribution in [0.25, 0.3) is 5.78 Å². The van der Waals surface area contributed by atoms with Crippen LogP contribution in [0.1, 0.15) is 23.7 Å². The zero-order chi connectivity index (χ0) is 15.8. The molecule has 23 heavy (non-hydrogen) atoms. The number of aliphatic hydroxyl groups is 1. The van der Waals surface area contributed by atoms with Gasteiger partial charge in [-0.15, -0.1) is 0 Å². The molecule has 1 fully saturated rings. The van der Waals surface area contributed by atoms with Gasteiger partial charge in [-0.05, 0) is 30.2 Å². The minimum atomic E-state index is -0.375. The summed E-state index contributed by atoms with van der Waals surface area (Å²) >= 11 is 0. The molecule has 0 amide bonds. The van der Waals surface area contributed by atoms with E-state index in [1.54, 1.807) is 18.3 Å². The zero-order valence-corrected chi connectivity index (χ0v) is 12.5. The molecule has 6 heteroatoms. The van der Waals surface area contributed by atoms with Crippen LogP contribution >= 0.6 is 0 Å². The van der Waals surface area contributed by atoms with Gasteiger partial charge in [-0.2, -0.15) is 0 Å². The van der Waals surface area contributed by atoms with E-state index in [1.165, 1.54) is 12.1 Å². The molecule has 2 aromatic heterocycles. The topological polar surface area (TPSA) is 53.7 Å². The lowest BCUT2D eigenvalue weighted by molar-refractivity contribution is 0.172. The Morgan fingerprint density at radius 1 is 1.26 bits per heavy atom. The van der Waals surface area contributed by atoms with E-state index in [2.05, 4.69) is 14.9 Å². The second kappa shape index (κ2) is 5.72. The SMILES string of the molecule is O[C@@H]1C[C@@H](c2ccc(F)cc2)N(Cc2cn3cccnc3n2)C1. The summed E-state index contributed by atoms with van der Waals surface area (Å²) in [5.74, 6) is 0.422. The first-order chi connectivity index (χ1) is 11.2. The van der Waals surface area contributed by atoms with E-state index >= 15 is 0 Å². The first kappa shape index (κ1) is 14.3. The number of benzene rings is 1. The van der Waals surface area contributed by atoms with Crippen molar-refractivity contribution in [3.63, 3.8) is 0 Å². The Balaban J connectivity index is 1.59. The smallest absolute Gasteiger partial charge is 0.233 e. The average molecular weight is 312 g/mol. The summed E-state index contributed by atoms with van der Waals surface area (Å²) in [6.07, 6.45) is 5.86. The Hall–Kier alpha value is -2.31. The van der Waals surface area contributed by atoms with Crippen LogP contribution in [0.3, 0.4) is 0 Å². The van der Waals surface area contributed by atoms with E-state index in [9.17, 15) is 9.50 Å². The van der Waals surface area contributed by atoms with Gasteiger partial charge in [0.1, 0.15) is 5.82 Å². The quantitative estimate of drug-likeness (QED) is 0.805. The number of rotatable bonds is 3. The number of hydrogen-bond acceptors (Lipinski definition) is 4. The van der Waals surface area contributed by atoms with Gasteiger partial charge in [0.2, 0.25) is 5.78 Å². The number of nitrogens with zero attached hydrogens (tertiary/aromatic N) is 4. The molecule has 0 spiro atoms. The third-order valence-corrected chi connectivity index (χ3v) is 4.29. The molecule has 0 saturated carbocycles. The molecular weight excluding hydrogens is 295 g/mol. The monoisotopic (exact) mass is 312 g/mol. The van der Waals surface area contributed by atoms with Gasteiger partial charge >= 0.3 is 0 Å². The molecule has 0 radical (unpaired) electrons. The number of β-amino-alcohol motifs (C(OH)–C–C–N with tert-alkyl or cyclic N) is 1. The molecular formula is C17H17FN4O. The Kier molecular flexibility index (Phi) is 3.55. The number of halogens is 1. The molecule has 1 aromatic carbocycles. The van der Waals surface area contributed by atoms with Crippen molar-refractivity contribution in [2.24, 2.45) is 0 Å². The molecule has 118 valence electrons. The van der Waals surface area contributed by atoms with Crippen LogP contribution < -0.4 is 0 Å². The highest BCUT2D eigenvalue weighted by atomic mass is 19.1. The molecule has 0 aliphatic carbocycles. The van der Waals surface area contributed by atoms with Crippen molar-refractivity contribution >= 4 is 5.78 Å². The number of imidazole rings is 1. The van der Waals surface area contributed by atoms with Crippen LogP contribution in [0.2, 0.25) is 0 Å². The molecule has 1 aliphatic rings. The van der Waals surface area contributed by atoms with Gasteiger partial charge < -0.3 is 5.11 Å². The molecule has 1 N–H and O–H groups in total. The molecule has 3 aromatic rings. The van der Waals surface area contributed by atoms with E-state index in [0.717, 1.165) is 11.3 Å². The third-order valence-electron chi connectivity index (χ3n) is 4.29. The van der Waals surface area contributed by atoms with E-state index in [4.69, 9.17) is 0 Å². The van der Waals surface area contributed by atoms with Crippen LogP contribution in [0.4, 0.5) is 4.39 Å². The molecule has 3 heterocycles. The first-order valence-electron chi connectivity index (χ1n) is 7.65. The average Bonchev–Trinajstić information content (AvgIpc) is 3.11. The van der Waals surface area contributed by atoms with E-state index < -0.39 is 0 Å². The number of hydrogen-bond donors (Lipinski definition) is 1. The standard InChI is InChI=1S/C17H17FN4O/c18-13-4-2-12(3-5-13)16-8-15(23)11-22(16)10-14-9-21-7-1-6-19-17(21)20-14/h1-7,9,15-16,23H,8,10-11H2/t15-,16+/m1/s1. The normalized spacial score (nSPS) is 22.0. The molecule has 5 nitrogen and oxygen atoms in total. The van der Waals surface area contributed by atoms with Gasteiger partial charge in [-0.3, -0.25) is 9.30 Å². The summed E-state index contributed by atoms with van der Waals surface area (Å²) in [5, 5.41) is 10.1. The zero-order valence-electron chi connectivity index (χ0n) is 12.5. The van der Waals surface area contributed by atoms with Crippen LogP contribution in [-0.2, 0) is 6.54 Å². The fraction of sp³-hybridized carbons (Fsp3) is 0.294. The summed E-state index contributed by atoms with van der Waals surface area (Å²) in [5.41, 5.74) is 1.93. The van der Waals surface area contributed by atoms with Crippen molar-refractivity contribution in [2.45, 2.75) is 25.1 Å². The number of aliphatic hydroxyl groups excluding tert-OH is 1. The fourth-order valence-corrected chi connectivity index (χ4v) is 3.25. The summed E-state index contributed by atoms with van der Waals surface area (Å²) < 4.78 is 15.0. The van der Waals surface area contributed by atoms with E-state index in [0.29, 0.717) is 25.3 Å². The van der Waals surface area contributed by atoms with Gasteiger partial charge in [-0.25, -0.2) is 14.4 Å². The summed E-state index contributed by atoms with van der Waals surface area (Å²) in [6, 6.07) is 8.44. The predicted octanol–water partition coefficient (Wildman–Crippen LogP) is 2.18. The van der Waals surface area contributed by atoms with Gasteiger partial charge in [0, 0.05) is 37.7 Å². The fourth-order valence-electron chi connectivity index (χ4n) is 3.25. The molecule has 4 rings (SSSR count). The largest absolute Gasteiger partial charge is 0.392 e. The van der Waals surface area contributed by atoms with E-state index in [-0.39, 0.29) is 18.0 Å². The highest BCUT2D eigenvalue weighted by Gasteiger charge is 2.32. The molecule has 1 saturated heterocycles. The second-order valence-electron chi connectivity index (χ2n) is 5.95. The number of aromatic nitrogens is 3. The van der Waals surface area contributed by atoms with Crippen molar-refractivity contribution < 1.29 is 9.50 Å². The van der Waals surface area contributed by atoms with Gasteiger partial charge in [-0.1, -0.05) is 12.1 Å². The van der Waals surface area contributed by atoms with Crippen molar-refractivity contribution in [1.29, 1.82) is 0 Å². The lowest BCUT2D eigenvalue weighted by Crippen LogP contribution is -2.24. The van der Waals surface area contributed by atoms with Crippen molar-refractivity contribution in [1.82, 2.24) is 19.3 Å². The second-order valence-corrected chi connectivity index (χ2v) is 5.95. The van der Waals surface area contributed by atoms with Crippen molar-refractivity contribution in [2.75, 3.05) is 6.54 Å². The van der Waals surface area contributed by atoms with Crippen molar-refractivity contribution in [3.05, 3.63) is 66.0 Å². The minimum Gasteiger partial charge on any atom is -0.392 e. The van der Waals surface area contributed by atoms with Gasteiger partial charge in [0.25, 0.3) is 0 Å². The Morgan fingerprint density at radius 3 is 2.87 bits per heavy atom. The maximum absolute atomic E-state index is 13.1. The predicted molar refractivity (Wildman–Crippen MR) is 83.2 cm³/mol. The summed E-state index contributed by atoms with van der Waals surface area (Å²) in [7, 11) is 0. The van der Waals surface area contributed by atoms with Crippen LogP contribution in [0.5, 0.6) is 0 Å². The van der Waals surface area contributed by atoms with E-state index in [1.807, 2.05) is 22.9 Å². The first-order valence-corrected chi connectivity index (χ1v) is 7.65. The molecule has 0 bridgehead atoms. The maximum Gasteiger partial charge on any atom is 0.233 e. The molecule has 1 aliphatic heterocycles.